The van der Waals surface area contributed by atoms with Crippen molar-refractivity contribution in [2.75, 3.05) is 13.2 Å². The number of nitrogens with one attached hydrogen (secondary N) is 1. The third-order valence-electron chi connectivity index (χ3n) is 3.33. The molecule has 2 N–H and O–H groups in total. The number of hydrogen-bond donors (Lipinski definition) is 2. The third kappa shape index (κ3) is 4.64. The van der Waals surface area contributed by atoms with E-state index in [1.807, 2.05) is 0 Å². The highest BCUT2D eigenvalue weighted by Crippen LogP contribution is 2.20. The molecule has 106 valence electrons. The highest BCUT2D eigenvalue weighted by Gasteiger charge is 2.15. The van der Waals surface area contributed by atoms with Crippen molar-refractivity contribution < 1.29 is 14.2 Å². The molecule has 0 aromatic heterocycles. The average molecular weight is 288 g/mol. The van der Waals surface area contributed by atoms with Gasteiger partial charge >= 0.3 is 0 Å². The first kappa shape index (κ1) is 14.6. The van der Waals surface area contributed by atoms with E-state index in [0.717, 1.165) is 0 Å². The SMILES string of the molecule is O[C@H](CNC1CCCC1)COc1ccc(Cl)c(F)c1. The molecule has 1 fully saturated rings. The van der Waals surface area contributed by atoms with E-state index in [-0.39, 0.29) is 11.6 Å². The Labute approximate surface area is 117 Å². The van der Waals surface area contributed by atoms with Crippen molar-refractivity contribution in [3.05, 3.63) is 29.0 Å². The summed E-state index contributed by atoms with van der Waals surface area (Å²) in [5.74, 6) is -0.139. The first-order valence-electron chi connectivity index (χ1n) is 6.64. The number of aliphatic hydroxyl groups is 1. The quantitative estimate of drug-likeness (QED) is 0.845. The second-order valence-corrected chi connectivity index (χ2v) is 5.34. The second kappa shape index (κ2) is 7.08. The maximum absolute atomic E-state index is 13.2. The van der Waals surface area contributed by atoms with Crippen LogP contribution in [0, 0.1) is 5.82 Å². The van der Waals surface area contributed by atoms with Crippen LogP contribution >= 0.6 is 11.6 Å². The summed E-state index contributed by atoms with van der Waals surface area (Å²) in [6, 6.07) is 4.76. The molecule has 5 heteroatoms. The number of rotatable bonds is 6. The van der Waals surface area contributed by atoms with E-state index in [4.69, 9.17) is 16.3 Å². The Balaban J connectivity index is 1.70. The lowest BCUT2D eigenvalue weighted by Gasteiger charge is -2.16. The molecule has 0 amide bonds. The molecule has 2 rings (SSSR count). The Morgan fingerprint density at radius 2 is 2.16 bits per heavy atom. The lowest BCUT2D eigenvalue weighted by atomic mass is 10.2. The van der Waals surface area contributed by atoms with Gasteiger partial charge in [-0.15, -0.1) is 0 Å². The van der Waals surface area contributed by atoms with Crippen LogP contribution < -0.4 is 10.1 Å². The number of halogens is 2. The minimum Gasteiger partial charge on any atom is -0.491 e. The molecule has 0 unspecified atom stereocenters. The lowest BCUT2D eigenvalue weighted by molar-refractivity contribution is 0.103. The third-order valence-corrected chi connectivity index (χ3v) is 3.64. The summed E-state index contributed by atoms with van der Waals surface area (Å²) in [6.45, 7) is 0.640. The molecule has 0 heterocycles. The van der Waals surface area contributed by atoms with Crippen molar-refractivity contribution in [2.24, 2.45) is 0 Å². The van der Waals surface area contributed by atoms with Gasteiger partial charge in [0.1, 0.15) is 24.3 Å². The molecule has 1 saturated carbocycles. The van der Waals surface area contributed by atoms with Crippen LogP contribution in [0.25, 0.3) is 0 Å². The minimum atomic E-state index is -0.598. The van der Waals surface area contributed by atoms with Crippen molar-refractivity contribution in [1.29, 1.82) is 0 Å². The monoisotopic (exact) mass is 287 g/mol. The molecule has 19 heavy (non-hydrogen) atoms. The van der Waals surface area contributed by atoms with E-state index in [9.17, 15) is 9.50 Å². The molecule has 0 radical (unpaired) electrons. The van der Waals surface area contributed by atoms with Crippen molar-refractivity contribution in [1.82, 2.24) is 5.32 Å². The second-order valence-electron chi connectivity index (χ2n) is 4.93. The van der Waals surface area contributed by atoms with Gasteiger partial charge in [0.25, 0.3) is 0 Å². The molecular weight excluding hydrogens is 269 g/mol. The summed E-state index contributed by atoms with van der Waals surface area (Å²) in [4.78, 5) is 0. The Morgan fingerprint density at radius 3 is 2.84 bits per heavy atom. The fraction of sp³-hybridized carbons (Fsp3) is 0.571. The minimum absolute atomic E-state index is 0.0656. The fourth-order valence-corrected chi connectivity index (χ4v) is 2.37. The summed E-state index contributed by atoms with van der Waals surface area (Å²) < 4.78 is 18.5. The van der Waals surface area contributed by atoms with Crippen molar-refractivity contribution >= 4 is 11.6 Å². The molecule has 1 aromatic carbocycles. The summed E-state index contributed by atoms with van der Waals surface area (Å²) in [5, 5.41) is 13.2. The standard InChI is InChI=1S/C14H19ClFNO2/c15-13-6-5-12(7-14(13)16)19-9-11(18)8-17-10-3-1-2-4-10/h5-7,10-11,17-18H,1-4,8-9H2/t11-/m1/s1. The van der Waals surface area contributed by atoms with Gasteiger partial charge in [-0.25, -0.2) is 4.39 Å². The Morgan fingerprint density at radius 1 is 1.42 bits per heavy atom. The van der Waals surface area contributed by atoms with Crippen LogP contribution in [0.1, 0.15) is 25.7 Å². The van der Waals surface area contributed by atoms with Gasteiger partial charge in [-0.1, -0.05) is 24.4 Å². The van der Waals surface area contributed by atoms with Crippen molar-refractivity contribution in [3.8, 4) is 5.75 Å². The van der Waals surface area contributed by atoms with Gasteiger partial charge in [-0.2, -0.15) is 0 Å². The van der Waals surface area contributed by atoms with E-state index in [2.05, 4.69) is 5.32 Å². The van der Waals surface area contributed by atoms with E-state index < -0.39 is 11.9 Å². The van der Waals surface area contributed by atoms with Crippen LogP contribution in [0.5, 0.6) is 5.75 Å². The van der Waals surface area contributed by atoms with Gasteiger partial charge in [0, 0.05) is 18.7 Å². The van der Waals surface area contributed by atoms with Crippen LogP contribution in [-0.2, 0) is 0 Å². The van der Waals surface area contributed by atoms with Crippen LogP contribution in [0.3, 0.4) is 0 Å². The average Bonchev–Trinajstić information content (AvgIpc) is 2.91. The van der Waals surface area contributed by atoms with Gasteiger partial charge in [-0.05, 0) is 25.0 Å². The number of aliphatic hydroxyl groups excluding tert-OH is 1. The largest absolute Gasteiger partial charge is 0.491 e. The maximum Gasteiger partial charge on any atom is 0.145 e. The zero-order valence-electron chi connectivity index (χ0n) is 10.7. The summed E-state index contributed by atoms with van der Waals surface area (Å²) in [5.41, 5.74) is 0. The molecule has 0 aliphatic heterocycles. The van der Waals surface area contributed by atoms with E-state index in [1.165, 1.54) is 37.8 Å². The van der Waals surface area contributed by atoms with Gasteiger partial charge in [0.2, 0.25) is 0 Å². The van der Waals surface area contributed by atoms with Gasteiger partial charge in [0.15, 0.2) is 0 Å². The normalized spacial score (nSPS) is 17.6. The predicted octanol–water partition coefficient (Wildman–Crippen LogP) is 2.75. The van der Waals surface area contributed by atoms with Gasteiger partial charge in [-0.3, -0.25) is 0 Å². The van der Waals surface area contributed by atoms with Gasteiger partial charge < -0.3 is 15.2 Å². The number of ether oxygens (including phenoxy) is 1. The van der Waals surface area contributed by atoms with E-state index >= 15 is 0 Å². The lowest BCUT2D eigenvalue weighted by Crippen LogP contribution is -2.36. The highest BCUT2D eigenvalue weighted by molar-refractivity contribution is 6.30. The highest BCUT2D eigenvalue weighted by atomic mass is 35.5. The molecule has 1 atom stereocenters. The Hall–Kier alpha value is -0.840. The smallest absolute Gasteiger partial charge is 0.145 e. The van der Waals surface area contributed by atoms with Crippen molar-refractivity contribution in [3.63, 3.8) is 0 Å². The van der Waals surface area contributed by atoms with Gasteiger partial charge in [0.05, 0.1) is 5.02 Å². The summed E-state index contributed by atoms with van der Waals surface area (Å²) in [6.07, 6.45) is 4.27. The number of hydrogen-bond acceptors (Lipinski definition) is 3. The van der Waals surface area contributed by atoms with Crippen LogP contribution in [0.2, 0.25) is 5.02 Å². The Kier molecular flexibility index (Phi) is 5.43. The molecule has 1 aliphatic carbocycles. The summed E-state index contributed by atoms with van der Waals surface area (Å²) in [7, 11) is 0. The molecule has 1 aromatic rings. The molecule has 0 spiro atoms. The molecular formula is C14H19ClFNO2. The zero-order valence-corrected chi connectivity index (χ0v) is 11.5. The molecule has 0 bridgehead atoms. The first-order valence-corrected chi connectivity index (χ1v) is 7.02. The Bertz CT molecular complexity index is 410. The molecule has 3 nitrogen and oxygen atoms in total. The predicted molar refractivity (Wildman–Crippen MR) is 73.2 cm³/mol. The van der Waals surface area contributed by atoms with Crippen molar-refractivity contribution in [2.45, 2.75) is 37.8 Å². The summed E-state index contributed by atoms with van der Waals surface area (Å²) >= 11 is 5.58. The fourth-order valence-electron chi connectivity index (χ4n) is 2.25. The topological polar surface area (TPSA) is 41.5 Å². The van der Waals surface area contributed by atoms with Crippen LogP contribution in [-0.4, -0.2) is 30.4 Å². The van der Waals surface area contributed by atoms with E-state index in [0.29, 0.717) is 18.3 Å². The van der Waals surface area contributed by atoms with Crippen LogP contribution in [0.15, 0.2) is 18.2 Å². The van der Waals surface area contributed by atoms with Crippen LogP contribution in [0.4, 0.5) is 4.39 Å². The van der Waals surface area contributed by atoms with E-state index in [1.54, 1.807) is 6.07 Å². The zero-order chi connectivity index (χ0) is 13.7. The maximum atomic E-state index is 13.2. The first-order chi connectivity index (χ1) is 9.15. The molecule has 1 aliphatic rings. The molecule has 0 saturated heterocycles. The number of benzene rings is 1.